The molecule has 0 aliphatic carbocycles. The molecule has 0 atom stereocenters. The van der Waals surface area contributed by atoms with Crippen LogP contribution in [-0.2, 0) is 4.79 Å². The highest BCUT2D eigenvalue weighted by Gasteiger charge is 2.32. The molecular formula is C14H18N4OS. The van der Waals surface area contributed by atoms with Crippen molar-refractivity contribution in [1.82, 2.24) is 15.3 Å². The molecule has 3 heterocycles. The van der Waals surface area contributed by atoms with Gasteiger partial charge in [-0.2, -0.15) is 0 Å². The second-order valence-electron chi connectivity index (χ2n) is 6.17. The molecule has 3 rings (SSSR count). The zero-order chi connectivity index (χ0) is 14.3. The quantitative estimate of drug-likeness (QED) is 0.919. The van der Waals surface area contributed by atoms with Gasteiger partial charge in [-0.15, -0.1) is 0 Å². The van der Waals surface area contributed by atoms with Gasteiger partial charge < -0.3 is 10.2 Å². The van der Waals surface area contributed by atoms with E-state index < -0.39 is 0 Å². The first-order valence-electron chi connectivity index (χ1n) is 6.70. The number of fused-ring (bicyclic) bond motifs is 1. The van der Waals surface area contributed by atoms with Crippen LogP contribution in [-0.4, -0.2) is 35.0 Å². The molecule has 1 fully saturated rings. The van der Waals surface area contributed by atoms with Crippen molar-refractivity contribution in [2.45, 2.75) is 26.8 Å². The maximum atomic E-state index is 11.9. The number of pyridine rings is 1. The fourth-order valence-electron chi connectivity index (χ4n) is 2.03. The molecule has 1 amide bonds. The number of nitrogens with one attached hydrogen (secondary N) is 1. The fraction of sp³-hybridized carbons (Fsp3) is 0.500. The summed E-state index contributed by atoms with van der Waals surface area (Å²) < 4.78 is 1.15. The van der Waals surface area contributed by atoms with Gasteiger partial charge in [0.1, 0.15) is 5.52 Å². The maximum absolute atomic E-state index is 11.9. The lowest BCUT2D eigenvalue weighted by Crippen LogP contribution is -2.60. The Morgan fingerprint density at radius 1 is 1.45 bits per heavy atom. The van der Waals surface area contributed by atoms with E-state index in [0.717, 1.165) is 28.4 Å². The highest BCUT2D eigenvalue weighted by Crippen LogP contribution is 2.30. The number of hydrogen-bond donors (Lipinski definition) is 1. The number of carbonyl (C=O) groups excluding carboxylic acids is 1. The molecule has 0 unspecified atom stereocenters. The number of hydrogen-bond acceptors (Lipinski definition) is 5. The average Bonchev–Trinajstić information content (AvgIpc) is 2.74. The van der Waals surface area contributed by atoms with Crippen molar-refractivity contribution < 1.29 is 4.79 Å². The summed E-state index contributed by atoms with van der Waals surface area (Å²) in [7, 11) is 0. The summed E-state index contributed by atoms with van der Waals surface area (Å²) in [5.74, 6) is 0.107. The Labute approximate surface area is 122 Å². The molecule has 0 bridgehead atoms. The zero-order valence-electron chi connectivity index (χ0n) is 11.9. The molecule has 6 heteroatoms. The molecule has 5 nitrogen and oxygen atoms in total. The summed E-state index contributed by atoms with van der Waals surface area (Å²) in [6.45, 7) is 7.45. The Morgan fingerprint density at radius 2 is 2.20 bits per heavy atom. The third-order valence-corrected chi connectivity index (χ3v) is 4.44. The van der Waals surface area contributed by atoms with Gasteiger partial charge in [0, 0.05) is 24.7 Å². The van der Waals surface area contributed by atoms with Crippen LogP contribution in [0.25, 0.3) is 10.2 Å². The summed E-state index contributed by atoms with van der Waals surface area (Å²) in [6, 6.07) is 2.21. The number of anilines is 1. The molecule has 2 aromatic heterocycles. The van der Waals surface area contributed by atoms with Crippen LogP contribution in [0.5, 0.6) is 0 Å². The predicted molar refractivity (Wildman–Crippen MR) is 81.0 cm³/mol. The van der Waals surface area contributed by atoms with E-state index in [1.807, 2.05) is 26.8 Å². The van der Waals surface area contributed by atoms with Gasteiger partial charge in [-0.05, 0) is 6.07 Å². The van der Waals surface area contributed by atoms with Gasteiger partial charge in [0.25, 0.3) is 0 Å². The van der Waals surface area contributed by atoms with Crippen molar-refractivity contribution >= 4 is 32.6 Å². The number of nitrogens with zero attached hydrogens (tertiary/aromatic N) is 3. The Balaban J connectivity index is 1.61. The van der Waals surface area contributed by atoms with Crippen LogP contribution in [0.15, 0.2) is 18.5 Å². The van der Waals surface area contributed by atoms with Gasteiger partial charge in [-0.1, -0.05) is 32.1 Å². The zero-order valence-corrected chi connectivity index (χ0v) is 12.7. The van der Waals surface area contributed by atoms with E-state index in [0.29, 0.717) is 0 Å². The summed E-state index contributed by atoms with van der Waals surface area (Å²) >= 11 is 1.67. The maximum Gasteiger partial charge on any atom is 0.225 e. The lowest BCUT2D eigenvalue weighted by molar-refractivity contribution is -0.129. The predicted octanol–water partition coefficient (Wildman–Crippen LogP) is 2.04. The summed E-state index contributed by atoms with van der Waals surface area (Å²) in [6.07, 6.45) is 3.57. The largest absolute Gasteiger partial charge is 0.349 e. The molecule has 1 aliphatic heterocycles. The monoisotopic (exact) mass is 290 g/mol. The van der Waals surface area contributed by atoms with Crippen LogP contribution in [0.1, 0.15) is 20.8 Å². The molecule has 20 heavy (non-hydrogen) atoms. The van der Waals surface area contributed by atoms with Gasteiger partial charge in [0.15, 0.2) is 5.13 Å². The third kappa shape index (κ3) is 2.47. The second kappa shape index (κ2) is 4.70. The molecule has 2 aromatic rings. The van der Waals surface area contributed by atoms with Crippen molar-refractivity contribution in [2.75, 3.05) is 18.0 Å². The molecule has 1 aliphatic rings. The van der Waals surface area contributed by atoms with Crippen LogP contribution in [0.2, 0.25) is 0 Å². The Hall–Kier alpha value is -1.69. The topological polar surface area (TPSA) is 58.1 Å². The van der Waals surface area contributed by atoms with Crippen molar-refractivity contribution in [3.63, 3.8) is 0 Å². The smallest absolute Gasteiger partial charge is 0.225 e. The van der Waals surface area contributed by atoms with Gasteiger partial charge in [0.05, 0.1) is 16.9 Å². The molecule has 1 saturated heterocycles. The minimum Gasteiger partial charge on any atom is -0.349 e. The third-order valence-electron chi connectivity index (χ3n) is 3.35. The first kappa shape index (κ1) is 13.3. The summed E-state index contributed by atoms with van der Waals surface area (Å²) in [5.41, 5.74) is 0.608. The lowest BCUT2D eigenvalue weighted by Gasteiger charge is -2.40. The van der Waals surface area contributed by atoms with Crippen LogP contribution in [0.3, 0.4) is 0 Å². The number of aromatic nitrogens is 2. The van der Waals surface area contributed by atoms with E-state index in [4.69, 9.17) is 0 Å². The molecule has 0 saturated carbocycles. The summed E-state index contributed by atoms with van der Waals surface area (Å²) in [4.78, 5) is 22.7. The first-order chi connectivity index (χ1) is 9.43. The molecule has 0 aromatic carbocycles. The van der Waals surface area contributed by atoms with E-state index in [9.17, 15) is 4.79 Å². The molecule has 0 radical (unpaired) electrons. The van der Waals surface area contributed by atoms with Gasteiger partial charge in [-0.25, -0.2) is 4.98 Å². The van der Waals surface area contributed by atoms with Gasteiger partial charge in [0.2, 0.25) is 5.91 Å². The van der Waals surface area contributed by atoms with Crippen LogP contribution >= 0.6 is 11.3 Å². The number of amides is 1. The lowest BCUT2D eigenvalue weighted by atomic mass is 9.94. The second-order valence-corrected chi connectivity index (χ2v) is 7.17. The van der Waals surface area contributed by atoms with Crippen molar-refractivity contribution in [2.24, 2.45) is 5.41 Å². The number of thiazole rings is 1. The number of carbonyl (C=O) groups is 1. The summed E-state index contributed by atoms with van der Waals surface area (Å²) in [5, 5.41) is 4.08. The van der Waals surface area contributed by atoms with Crippen LogP contribution in [0, 0.1) is 5.41 Å². The normalized spacial score (nSPS) is 16.2. The highest BCUT2D eigenvalue weighted by atomic mass is 32.1. The molecule has 1 N–H and O–H groups in total. The van der Waals surface area contributed by atoms with E-state index in [2.05, 4.69) is 20.2 Å². The van der Waals surface area contributed by atoms with E-state index in [1.54, 1.807) is 23.7 Å². The molecule has 0 spiro atoms. The van der Waals surface area contributed by atoms with E-state index in [-0.39, 0.29) is 17.4 Å². The van der Waals surface area contributed by atoms with Crippen LogP contribution in [0.4, 0.5) is 5.13 Å². The first-order valence-corrected chi connectivity index (χ1v) is 7.51. The fourth-order valence-corrected chi connectivity index (χ4v) is 2.98. The number of rotatable bonds is 2. The molecular weight excluding hydrogens is 272 g/mol. The van der Waals surface area contributed by atoms with E-state index >= 15 is 0 Å². The van der Waals surface area contributed by atoms with Gasteiger partial charge in [-0.3, -0.25) is 9.78 Å². The molecule has 106 valence electrons. The minimum atomic E-state index is -0.331. The SMILES string of the molecule is CC(C)(C)C(=O)NC1CN(c2nc3cnccc3s2)C1. The highest BCUT2D eigenvalue weighted by molar-refractivity contribution is 7.22. The van der Waals surface area contributed by atoms with Crippen LogP contribution < -0.4 is 10.2 Å². The Morgan fingerprint density at radius 3 is 2.85 bits per heavy atom. The van der Waals surface area contributed by atoms with E-state index in [1.165, 1.54) is 0 Å². The Bertz CT molecular complexity index is 607. The van der Waals surface area contributed by atoms with Crippen molar-refractivity contribution in [1.29, 1.82) is 0 Å². The van der Waals surface area contributed by atoms with Gasteiger partial charge >= 0.3 is 0 Å². The van der Waals surface area contributed by atoms with Crippen molar-refractivity contribution in [3.8, 4) is 0 Å². The average molecular weight is 290 g/mol. The standard InChI is InChI=1S/C14H18N4OS/c1-14(2,3)12(19)16-9-7-18(8-9)13-17-10-6-15-5-4-11(10)20-13/h4-6,9H,7-8H2,1-3H3,(H,16,19). The van der Waals surface area contributed by atoms with Crippen molar-refractivity contribution in [3.05, 3.63) is 18.5 Å². The minimum absolute atomic E-state index is 0.107. The Kier molecular flexibility index (Phi) is 3.12.